The maximum Gasteiger partial charge on any atom is 0.224 e. The Hall–Kier alpha value is 0.0700. The van der Waals surface area contributed by atoms with Crippen LogP contribution in [0.5, 0.6) is 0 Å². The molecule has 118 valence electrons. The number of halogens is 1. The van der Waals surface area contributed by atoms with E-state index >= 15 is 0 Å². The normalized spacial score (nSPS) is 25.1. The Morgan fingerprint density at radius 2 is 1.85 bits per heavy atom. The molecule has 1 heterocycles. The lowest BCUT2D eigenvalue weighted by molar-refractivity contribution is -0.132. The fraction of sp³-hybridized carbons (Fsp3) is 0.933. The van der Waals surface area contributed by atoms with Gasteiger partial charge in [0.05, 0.1) is 0 Å². The standard InChI is InChI=1S/C15H28N2OS.ClH/c1-17(14-7-5-3-2-4-6-8-14)15(18)11-13-12-19-10-9-16-13;/h13-14,16H,2-12H2,1H3;1H. The van der Waals surface area contributed by atoms with Crippen LogP contribution in [0.25, 0.3) is 0 Å². The molecule has 3 nitrogen and oxygen atoms in total. The molecule has 1 aliphatic heterocycles. The van der Waals surface area contributed by atoms with Crippen LogP contribution in [0.3, 0.4) is 0 Å². The van der Waals surface area contributed by atoms with Crippen LogP contribution < -0.4 is 5.32 Å². The predicted molar refractivity (Wildman–Crippen MR) is 89.9 cm³/mol. The maximum absolute atomic E-state index is 12.4. The highest BCUT2D eigenvalue weighted by molar-refractivity contribution is 7.99. The Morgan fingerprint density at radius 1 is 1.20 bits per heavy atom. The van der Waals surface area contributed by atoms with Gasteiger partial charge in [0.2, 0.25) is 5.91 Å². The molecule has 1 saturated heterocycles. The van der Waals surface area contributed by atoms with Crippen molar-refractivity contribution in [1.82, 2.24) is 10.2 Å². The molecule has 20 heavy (non-hydrogen) atoms. The Kier molecular flexibility index (Phi) is 8.98. The van der Waals surface area contributed by atoms with Gasteiger partial charge in [-0.05, 0) is 12.8 Å². The number of hydrogen-bond donors (Lipinski definition) is 1. The smallest absolute Gasteiger partial charge is 0.224 e. The first kappa shape index (κ1) is 18.1. The third-order valence-corrected chi connectivity index (χ3v) is 5.57. The van der Waals surface area contributed by atoms with Crippen molar-refractivity contribution in [1.29, 1.82) is 0 Å². The monoisotopic (exact) mass is 320 g/mol. The van der Waals surface area contributed by atoms with Crippen molar-refractivity contribution in [3.63, 3.8) is 0 Å². The average molecular weight is 321 g/mol. The molecule has 1 aliphatic carbocycles. The van der Waals surface area contributed by atoms with Gasteiger partial charge < -0.3 is 10.2 Å². The molecule has 0 radical (unpaired) electrons. The molecular formula is C15H29ClN2OS. The van der Waals surface area contributed by atoms with Gasteiger partial charge in [-0.3, -0.25) is 4.79 Å². The van der Waals surface area contributed by atoms with Gasteiger partial charge in [0, 0.05) is 43.6 Å². The van der Waals surface area contributed by atoms with E-state index in [2.05, 4.69) is 5.32 Å². The van der Waals surface area contributed by atoms with Crippen LogP contribution in [0.15, 0.2) is 0 Å². The quantitative estimate of drug-likeness (QED) is 0.867. The lowest BCUT2D eigenvalue weighted by Gasteiger charge is -2.32. The van der Waals surface area contributed by atoms with Crippen molar-refractivity contribution < 1.29 is 4.79 Å². The SMILES string of the molecule is CN(C(=O)CC1CSCCN1)C1CCCCCCC1.Cl. The van der Waals surface area contributed by atoms with Gasteiger partial charge in [0.25, 0.3) is 0 Å². The number of carbonyl (C=O) groups is 1. The molecule has 0 bridgehead atoms. The van der Waals surface area contributed by atoms with Gasteiger partial charge in [-0.15, -0.1) is 12.4 Å². The van der Waals surface area contributed by atoms with Gasteiger partial charge >= 0.3 is 0 Å². The van der Waals surface area contributed by atoms with Crippen LogP contribution in [0.2, 0.25) is 0 Å². The van der Waals surface area contributed by atoms with Crippen LogP contribution in [-0.4, -0.2) is 48.0 Å². The van der Waals surface area contributed by atoms with E-state index in [1.165, 1.54) is 50.7 Å². The van der Waals surface area contributed by atoms with Crippen LogP contribution in [0, 0.1) is 0 Å². The molecule has 1 amide bonds. The molecule has 0 spiro atoms. The van der Waals surface area contributed by atoms with Gasteiger partial charge in [0.1, 0.15) is 0 Å². The van der Waals surface area contributed by atoms with E-state index in [4.69, 9.17) is 0 Å². The largest absolute Gasteiger partial charge is 0.343 e. The minimum Gasteiger partial charge on any atom is -0.343 e. The van der Waals surface area contributed by atoms with E-state index in [-0.39, 0.29) is 12.4 Å². The summed E-state index contributed by atoms with van der Waals surface area (Å²) in [4.78, 5) is 14.4. The minimum absolute atomic E-state index is 0. The highest BCUT2D eigenvalue weighted by Gasteiger charge is 2.24. The molecule has 1 atom stereocenters. The fourth-order valence-electron chi connectivity index (χ4n) is 3.13. The first-order chi connectivity index (χ1) is 9.27. The second-order valence-corrected chi connectivity index (χ2v) is 7.08. The van der Waals surface area contributed by atoms with Crippen molar-refractivity contribution in [2.24, 2.45) is 0 Å². The number of hydrogen-bond acceptors (Lipinski definition) is 3. The highest BCUT2D eigenvalue weighted by Crippen LogP contribution is 2.21. The average Bonchev–Trinajstić information content (AvgIpc) is 2.39. The first-order valence-electron chi connectivity index (χ1n) is 7.84. The van der Waals surface area contributed by atoms with Crippen molar-refractivity contribution >= 4 is 30.1 Å². The molecule has 2 aliphatic rings. The van der Waals surface area contributed by atoms with Crippen LogP contribution in [-0.2, 0) is 4.79 Å². The summed E-state index contributed by atoms with van der Waals surface area (Å²) in [6.07, 6.45) is 9.75. The molecule has 5 heteroatoms. The van der Waals surface area contributed by atoms with Gasteiger partial charge in [-0.2, -0.15) is 11.8 Å². The third kappa shape index (κ3) is 5.82. The molecule has 1 unspecified atom stereocenters. The van der Waals surface area contributed by atoms with Crippen molar-refractivity contribution in [2.75, 3.05) is 25.1 Å². The summed E-state index contributed by atoms with van der Waals surface area (Å²) < 4.78 is 0. The summed E-state index contributed by atoms with van der Waals surface area (Å²) in [6.45, 7) is 1.05. The summed E-state index contributed by atoms with van der Waals surface area (Å²) in [5.74, 6) is 2.61. The maximum atomic E-state index is 12.4. The van der Waals surface area contributed by atoms with Gasteiger partial charge in [-0.1, -0.05) is 32.1 Å². The molecule has 2 rings (SSSR count). The van der Waals surface area contributed by atoms with Crippen LogP contribution in [0.1, 0.15) is 51.4 Å². The summed E-state index contributed by atoms with van der Waals surface area (Å²) in [5.41, 5.74) is 0. The van der Waals surface area contributed by atoms with Crippen LogP contribution >= 0.6 is 24.2 Å². The van der Waals surface area contributed by atoms with Crippen molar-refractivity contribution in [3.05, 3.63) is 0 Å². The Labute approximate surface area is 134 Å². The molecular weight excluding hydrogens is 292 g/mol. The van der Waals surface area contributed by atoms with E-state index < -0.39 is 0 Å². The van der Waals surface area contributed by atoms with E-state index in [1.807, 2.05) is 23.7 Å². The van der Waals surface area contributed by atoms with Gasteiger partial charge in [-0.25, -0.2) is 0 Å². The Morgan fingerprint density at radius 3 is 2.45 bits per heavy atom. The first-order valence-corrected chi connectivity index (χ1v) is 8.99. The molecule has 2 fully saturated rings. The number of nitrogens with zero attached hydrogens (tertiary/aromatic N) is 1. The number of amides is 1. The van der Waals surface area contributed by atoms with E-state index in [1.54, 1.807) is 0 Å². The summed E-state index contributed by atoms with van der Waals surface area (Å²) in [7, 11) is 2.02. The summed E-state index contributed by atoms with van der Waals surface area (Å²) in [5, 5.41) is 3.46. The second kappa shape index (κ2) is 9.91. The fourth-order valence-corrected chi connectivity index (χ4v) is 4.08. The predicted octanol–water partition coefficient (Wildman–Crippen LogP) is 3.07. The van der Waals surface area contributed by atoms with E-state index in [0.29, 0.717) is 24.4 Å². The van der Waals surface area contributed by atoms with E-state index in [0.717, 1.165) is 12.3 Å². The zero-order valence-corrected chi connectivity index (χ0v) is 14.2. The Balaban J connectivity index is 0.00000200. The second-order valence-electron chi connectivity index (χ2n) is 5.93. The Bertz CT molecular complexity index is 277. The zero-order valence-electron chi connectivity index (χ0n) is 12.6. The lowest BCUT2D eigenvalue weighted by atomic mass is 9.95. The minimum atomic E-state index is 0. The van der Waals surface area contributed by atoms with E-state index in [9.17, 15) is 4.79 Å². The van der Waals surface area contributed by atoms with Gasteiger partial charge in [0.15, 0.2) is 0 Å². The van der Waals surface area contributed by atoms with Crippen LogP contribution in [0.4, 0.5) is 0 Å². The number of carbonyl (C=O) groups excluding carboxylic acids is 1. The molecule has 0 aromatic heterocycles. The number of thioether (sulfide) groups is 1. The van der Waals surface area contributed by atoms with Crippen molar-refractivity contribution in [2.45, 2.75) is 63.5 Å². The zero-order chi connectivity index (χ0) is 13.5. The van der Waals surface area contributed by atoms with Crippen molar-refractivity contribution in [3.8, 4) is 0 Å². The summed E-state index contributed by atoms with van der Waals surface area (Å²) >= 11 is 1.97. The highest BCUT2D eigenvalue weighted by atomic mass is 35.5. The molecule has 0 aromatic carbocycles. The number of nitrogens with one attached hydrogen (secondary N) is 1. The molecule has 1 saturated carbocycles. The number of rotatable bonds is 3. The third-order valence-electron chi connectivity index (χ3n) is 4.44. The molecule has 1 N–H and O–H groups in total. The lowest BCUT2D eigenvalue weighted by Crippen LogP contribution is -2.44. The summed E-state index contributed by atoms with van der Waals surface area (Å²) in [6, 6.07) is 0.881. The topological polar surface area (TPSA) is 32.3 Å². The molecule has 0 aromatic rings.